The Morgan fingerprint density at radius 2 is 2.21 bits per heavy atom. The van der Waals surface area contributed by atoms with Crippen LogP contribution >= 0.6 is 11.6 Å². The zero-order chi connectivity index (χ0) is 14.0. The molecule has 0 spiro atoms. The summed E-state index contributed by atoms with van der Waals surface area (Å²) in [6.45, 7) is 5.72. The van der Waals surface area contributed by atoms with Crippen LogP contribution < -0.4 is 5.32 Å². The maximum absolute atomic E-state index is 11.6. The highest BCUT2D eigenvalue weighted by Crippen LogP contribution is 2.39. The molecule has 1 aromatic heterocycles. The quantitative estimate of drug-likeness (QED) is 0.665. The van der Waals surface area contributed by atoms with Crippen LogP contribution in [0.2, 0.25) is 5.15 Å². The lowest BCUT2D eigenvalue weighted by molar-refractivity contribution is -0.143. The second kappa shape index (κ2) is 5.74. The van der Waals surface area contributed by atoms with Gasteiger partial charge in [-0.2, -0.15) is 0 Å². The molecule has 2 rings (SSSR count). The van der Waals surface area contributed by atoms with E-state index in [0.717, 1.165) is 24.2 Å². The highest BCUT2D eigenvalue weighted by molar-refractivity contribution is 6.30. The summed E-state index contributed by atoms with van der Waals surface area (Å²) < 4.78 is 4.96. The summed E-state index contributed by atoms with van der Waals surface area (Å²) in [4.78, 5) is 20.4. The highest BCUT2D eigenvalue weighted by atomic mass is 35.5. The first-order valence-electron chi connectivity index (χ1n) is 6.50. The summed E-state index contributed by atoms with van der Waals surface area (Å²) in [5.41, 5.74) is 0.752. The molecule has 0 bridgehead atoms. The monoisotopic (exact) mass is 283 g/mol. The number of rotatable bonds is 5. The second-order valence-electron chi connectivity index (χ2n) is 4.74. The average molecular weight is 284 g/mol. The molecule has 6 heteroatoms. The van der Waals surface area contributed by atoms with Crippen LogP contribution in [0.3, 0.4) is 0 Å². The van der Waals surface area contributed by atoms with Crippen molar-refractivity contribution in [2.45, 2.75) is 45.6 Å². The van der Waals surface area contributed by atoms with Crippen molar-refractivity contribution in [3.05, 3.63) is 16.5 Å². The van der Waals surface area contributed by atoms with E-state index in [9.17, 15) is 4.79 Å². The lowest BCUT2D eigenvalue weighted by Gasteiger charge is -2.16. The van der Waals surface area contributed by atoms with E-state index in [2.05, 4.69) is 15.3 Å². The molecule has 1 N–H and O–H groups in total. The van der Waals surface area contributed by atoms with Gasteiger partial charge in [0.1, 0.15) is 22.8 Å². The van der Waals surface area contributed by atoms with Gasteiger partial charge in [-0.1, -0.05) is 11.6 Å². The van der Waals surface area contributed by atoms with Crippen molar-refractivity contribution in [2.75, 3.05) is 11.9 Å². The lowest BCUT2D eigenvalue weighted by atomic mass is 10.2. The summed E-state index contributed by atoms with van der Waals surface area (Å²) in [5, 5.41) is 3.49. The van der Waals surface area contributed by atoms with Crippen molar-refractivity contribution < 1.29 is 9.53 Å². The molecule has 104 valence electrons. The van der Waals surface area contributed by atoms with Crippen LogP contribution in [0.1, 0.15) is 44.0 Å². The minimum atomic E-state index is -0.461. The van der Waals surface area contributed by atoms with Crippen molar-refractivity contribution in [3.63, 3.8) is 0 Å². The molecular formula is C13H18ClN3O2. The predicted octanol–water partition coefficient (Wildman–Crippen LogP) is 2.68. The van der Waals surface area contributed by atoms with Gasteiger partial charge in [-0.15, -0.1) is 0 Å². The Kier molecular flexibility index (Phi) is 4.24. The zero-order valence-electron chi connectivity index (χ0n) is 11.4. The maximum atomic E-state index is 11.6. The van der Waals surface area contributed by atoms with Crippen molar-refractivity contribution in [1.82, 2.24) is 9.97 Å². The van der Waals surface area contributed by atoms with Gasteiger partial charge in [0.2, 0.25) is 0 Å². The molecule has 0 aliphatic heterocycles. The van der Waals surface area contributed by atoms with E-state index < -0.39 is 6.04 Å². The van der Waals surface area contributed by atoms with Gasteiger partial charge in [-0.25, -0.2) is 14.8 Å². The Labute approximate surface area is 117 Å². The number of aromatic nitrogens is 2. The molecular weight excluding hydrogens is 266 g/mol. The van der Waals surface area contributed by atoms with Crippen LogP contribution in [0.5, 0.6) is 0 Å². The molecule has 1 unspecified atom stereocenters. The Balaban J connectivity index is 2.16. The van der Waals surface area contributed by atoms with Crippen molar-refractivity contribution in [2.24, 2.45) is 0 Å². The van der Waals surface area contributed by atoms with Gasteiger partial charge in [0.05, 0.1) is 6.61 Å². The number of hydrogen-bond donors (Lipinski definition) is 1. The molecule has 1 aliphatic rings. The van der Waals surface area contributed by atoms with E-state index >= 15 is 0 Å². The third-order valence-electron chi connectivity index (χ3n) is 3.04. The van der Waals surface area contributed by atoms with Crippen LogP contribution in [0.25, 0.3) is 0 Å². The molecule has 1 aliphatic carbocycles. The first-order chi connectivity index (χ1) is 9.02. The summed E-state index contributed by atoms with van der Waals surface area (Å²) in [7, 11) is 0. The average Bonchev–Trinajstić information content (AvgIpc) is 3.19. The SMILES string of the molecule is CCOC(=O)C(C)Nc1nc(C2CC2)nc(Cl)c1C. The van der Waals surface area contributed by atoms with E-state index in [0.29, 0.717) is 23.5 Å². The fourth-order valence-corrected chi connectivity index (χ4v) is 1.88. The Morgan fingerprint density at radius 1 is 1.53 bits per heavy atom. The van der Waals surface area contributed by atoms with Gasteiger partial charge in [0.25, 0.3) is 0 Å². The Hall–Kier alpha value is -1.36. The first kappa shape index (κ1) is 14.1. The third kappa shape index (κ3) is 3.35. The van der Waals surface area contributed by atoms with Crippen LogP contribution in [0.4, 0.5) is 5.82 Å². The van der Waals surface area contributed by atoms with Gasteiger partial charge < -0.3 is 10.1 Å². The minimum absolute atomic E-state index is 0.301. The second-order valence-corrected chi connectivity index (χ2v) is 5.10. The van der Waals surface area contributed by atoms with E-state index in [-0.39, 0.29) is 5.97 Å². The molecule has 1 aromatic rings. The molecule has 5 nitrogen and oxygen atoms in total. The van der Waals surface area contributed by atoms with Crippen LogP contribution in [-0.2, 0) is 9.53 Å². The number of halogens is 1. The summed E-state index contributed by atoms with van der Waals surface area (Å²) in [6.07, 6.45) is 2.21. The number of nitrogens with zero attached hydrogens (tertiary/aromatic N) is 2. The Morgan fingerprint density at radius 3 is 2.79 bits per heavy atom. The number of nitrogens with one attached hydrogen (secondary N) is 1. The van der Waals surface area contributed by atoms with Gasteiger partial charge in [-0.3, -0.25) is 0 Å². The summed E-state index contributed by atoms with van der Waals surface area (Å²) in [5.74, 6) is 1.48. The van der Waals surface area contributed by atoms with Gasteiger partial charge in [0.15, 0.2) is 0 Å². The standard InChI is InChI=1S/C13H18ClN3O2/c1-4-19-13(18)8(3)15-11-7(2)10(14)16-12(17-11)9-5-6-9/h8-9H,4-6H2,1-3H3,(H,15,16,17). The number of ether oxygens (including phenoxy) is 1. The number of carbonyl (C=O) groups is 1. The van der Waals surface area contributed by atoms with Gasteiger partial charge >= 0.3 is 5.97 Å². The van der Waals surface area contributed by atoms with Crippen molar-refractivity contribution >= 4 is 23.4 Å². The molecule has 1 heterocycles. The molecule has 0 radical (unpaired) electrons. The number of esters is 1. The maximum Gasteiger partial charge on any atom is 0.328 e. The minimum Gasteiger partial charge on any atom is -0.464 e. The molecule has 0 amide bonds. The molecule has 0 aromatic carbocycles. The predicted molar refractivity (Wildman–Crippen MR) is 73.5 cm³/mol. The topological polar surface area (TPSA) is 64.1 Å². The molecule has 19 heavy (non-hydrogen) atoms. The summed E-state index contributed by atoms with van der Waals surface area (Å²) >= 11 is 6.11. The number of carbonyl (C=O) groups excluding carboxylic acids is 1. The number of anilines is 1. The molecule has 1 fully saturated rings. The lowest BCUT2D eigenvalue weighted by Crippen LogP contribution is -2.29. The van der Waals surface area contributed by atoms with E-state index in [1.165, 1.54) is 0 Å². The van der Waals surface area contributed by atoms with Crippen LogP contribution in [0.15, 0.2) is 0 Å². The number of hydrogen-bond acceptors (Lipinski definition) is 5. The highest BCUT2D eigenvalue weighted by Gasteiger charge is 2.28. The van der Waals surface area contributed by atoms with Crippen LogP contribution in [0, 0.1) is 6.92 Å². The normalized spacial score (nSPS) is 16.0. The van der Waals surface area contributed by atoms with E-state index in [4.69, 9.17) is 16.3 Å². The molecule has 1 atom stereocenters. The molecule has 0 saturated heterocycles. The van der Waals surface area contributed by atoms with E-state index in [1.807, 2.05) is 6.92 Å². The van der Waals surface area contributed by atoms with Gasteiger partial charge in [0, 0.05) is 11.5 Å². The Bertz CT molecular complexity index is 489. The fourth-order valence-electron chi connectivity index (χ4n) is 1.70. The van der Waals surface area contributed by atoms with Crippen molar-refractivity contribution in [3.8, 4) is 0 Å². The largest absolute Gasteiger partial charge is 0.464 e. The van der Waals surface area contributed by atoms with Crippen LogP contribution in [-0.4, -0.2) is 28.6 Å². The molecule has 1 saturated carbocycles. The smallest absolute Gasteiger partial charge is 0.328 e. The van der Waals surface area contributed by atoms with Crippen molar-refractivity contribution in [1.29, 1.82) is 0 Å². The fraction of sp³-hybridized carbons (Fsp3) is 0.615. The third-order valence-corrected chi connectivity index (χ3v) is 3.41. The van der Waals surface area contributed by atoms with Gasteiger partial charge in [-0.05, 0) is 33.6 Å². The zero-order valence-corrected chi connectivity index (χ0v) is 12.1. The first-order valence-corrected chi connectivity index (χ1v) is 6.88. The van der Waals surface area contributed by atoms with E-state index in [1.54, 1.807) is 13.8 Å². The summed E-state index contributed by atoms with van der Waals surface area (Å²) in [6, 6.07) is -0.461.